The van der Waals surface area contributed by atoms with Crippen molar-refractivity contribution in [2.75, 3.05) is 6.54 Å². The highest BCUT2D eigenvalue weighted by Gasteiger charge is 2.14. The predicted molar refractivity (Wildman–Crippen MR) is 101 cm³/mol. The SMILES string of the molecule is N#Cc1ccc(C(=O)NCCC(c2ccccc2)c2ccccc2)cn1. The van der Waals surface area contributed by atoms with Gasteiger partial charge < -0.3 is 5.32 Å². The first kappa shape index (κ1) is 17.4. The molecule has 0 aliphatic carbocycles. The average molecular weight is 341 g/mol. The van der Waals surface area contributed by atoms with Crippen LogP contribution in [0.1, 0.15) is 39.5 Å². The minimum Gasteiger partial charge on any atom is -0.352 e. The molecule has 0 aliphatic rings. The molecule has 4 heteroatoms. The van der Waals surface area contributed by atoms with Gasteiger partial charge in [0.25, 0.3) is 5.91 Å². The standard InChI is InChI=1S/C22H19N3O/c23-15-20-12-11-19(16-25-20)22(26)24-14-13-21(17-7-3-1-4-8-17)18-9-5-2-6-10-18/h1-12,16,21H,13-14H2,(H,24,26). The van der Waals surface area contributed by atoms with Crippen molar-refractivity contribution < 1.29 is 4.79 Å². The minimum absolute atomic E-state index is 0.179. The van der Waals surface area contributed by atoms with Crippen molar-refractivity contribution in [3.05, 3.63) is 101 Å². The molecule has 1 heterocycles. The Morgan fingerprint density at radius 1 is 0.962 bits per heavy atom. The fraction of sp³-hybridized carbons (Fsp3) is 0.136. The van der Waals surface area contributed by atoms with Gasteiger partial charge in [-0.05, 0) is 29.7 Å². The summed E-state index contributed by atoms with van der Waals surface area (Å²) in [4.78, 5) is 16.2. The van der Waals surface area contributed by atoms with Crippen LogP contribution in [0.4, 0.5) is 0 Å². The van der Waals surface area contributed by atoms with Gasteiger partial charge in [-0.2, -0.15) is 5.26 Å². The van der Waals surface area contributed by atoms with E-state index in [2.05, 4.69) is 34.6 Å². The third-order valence-electron chi connectivity index (χ3n) is 4.26. The van der Waals surface area contributed by atoms with Gasteiger partial charge in [0.2, 0.25) is 0 Å². The van der Waals surface area contributed by atoms with Gasteiger partial charge in [-0.3, -0.25) is 4.79 Å². The highest BCUT2D eigenvalue weighted by Crippen LogP contribution is 2.27. The smallest absolute Gasteiger partial charge is 0.252 e. The summed E-state index contributed by atoms with van der Waals surface area (Å²) in [5.74, 6) is 0.0404. The van der Waals surface area contributed by atoms with Crippen LogP contribution >= 0.6 is 0 Å². The summed E-state index contributed by atoms with van der Waals surface area (Å²) in [6, 6.07) is 25.7. The number of hydrogen-bond donors (Lipinski definition) is 1. The third kappa shape index (κ3) is 4.34. The van der Waals surface area contributed by atoms with Crippen molar-refractivity contribution in [2.24, 2.45) is 0 Å². The van der Waals surface area contributed by atoms with Gasteiger partial charge in [0.1, 0.15) is 11.8 Å². The summed E-state index contributed by atoms with van der Waals surface area (Å²) in [6.45, 7) is 0.549. The first-order valence-corrected chi connectivity index (χ1v) is 8.52. The maximum Gasteiger partial charge on any atom is 0.252 e. The molecule has 0 saturated carbocycles. The number of aromatic nitrogens is 1. The summed E-state index contributed by atoms with van der Waals surface area (Å²) in [5, 5.41) is 11.7. The maximum atomic E-state index is 12.3. The van der Waals surface area contributed by atoms with E-state index in [1.54, 1.807) is 12.1 Å². The number of amides is 1. The summed E-state index contributed by atoms with van der Waals surface area (Å²) in [5.41, 5.74) is 3.22. The first-order chi connectivity index (χ1) is 12.8. The van der Waals surface area contributed by atoms with Crippen LogP contribution in [-0.4, -0.2) is 17.4 Å². The van der Waals surface area contributed by atoms with E-state index in [1.165, 1.54) is 17.3 Å². The Balaban J connectivity index is 1.66. The van der Waals surface area contributed by atoms with Gasteiger partial charge in [-0.1, -0.05) is 60.7 Å². The fourth-order valence-electron chi connectivity index (χ4n) is 2.92. The zero-order valence-corrected chi connectivity index (χ0v) is 14.3. The van der Waals surface area contributed by atoms with E-state index in [9.17, 15) is 4.79 Å². The molecule has 26 heavy (non-hydrogen) atoms. The molecule has 1 amide bonds. The molecule has 2 aromatic carbocycles. The van der Waals surface area contributed by atoms with Crippen LogP contribution in [-0.2, 0) is 0 Å². The number of rotatable bonds is 6. The second-order valence-corrected chi connectivity index (χ2v) is 5.96. The third-order valence-corrected chi connectivity index (χ3v) is 4.26. The van der Waals surface area contributed by atoms with Crippen LogP contribution in [0.3, 0.4) is 0 Å². The van der Waals surface area contributed by atoms with Crippen molar-refractivity contribution in [1.82, 2.24) is 10.3 Å². The van der Waals surface area contributed by atoms with Gasteiger partial charge in [-0.15, -0.1) is 0 Å². The quantitative estimate of drug-likeness (QED) is 0.739. The Bertz CT molecular complexity index is 845. The van der Waals surface area contributed by atoms with Crippen LogP contribution in [0.15, 0.2) is 79.0 Å². The number of nitriles is 1. The number of hydrogen-bond acceptors (Lipinski definition) is 3. The normalized spacial score (nSPS) is 10.3. The van der Waals surface area contributed by atoms with Crippen molar-refractivity contribution in [1.29, 1.82) is 5.26 Å². The molecular weight excluding hydrogens is 322 g/mol. The van der Waals surface area contributed by atoms with E-state index in [0.29, 0.717) is 17.8 Å². The second-order valence-electron chi connectivity index (χ2n) is 5.96. The molecule has 0 fully saturated rings. The average Bonchev–Trinajstić information content (AvgIpc) is 2.72. The van der Waals surface area contributed by atoms with Crippen LogP contribution < -0.4 is 5.32 Å². The number of carbonyl (C=O) groups is 1. The van der Waals surface area contributed by atoms with E-state index in [4.69, 9.17) is 5.26 Å². The summed E-state index contributed by atoms with van der Waals surface area (Å²) in [7, 11) is 0. The lowest BCUT2D eigenvalue weighted by atomic mass is 9.88. The molecule has 0 spiro atoms. The highest BCUT2D eigenvalue weighted by atomic mass is 16.1. The summed E-state index contributed by atoms with van der Waals surface area (Å²) in [6.07, 6.45) is 2.23. The molecule has 3 aromatic rings. The molecule has 128 valence electrons. The number of nitrogens with zero attached hydrogens (tertiary/aromatic N) is 2. The molecule has 0 saturated heterocycles. The van der Waals surface area contributed by atoms with Crippen LogP contribution in [0, 0.1) is 11.3 Å². The van der Waals surface area contributed by atoms with Crippen molar-refractivity contribution in [3.8, 4) is 6.07 Å². The zero-order valence-electron chi connectivity index (χ0n) is 14.3. The van der Waals surface area contributed by atoms with Crippen molar-refractivity contribution in [2.45, 2.75) is 12.3 Å². The number of benzene rings is 2. The molecule has 1 aromatic heterocycles. The lowest BCUT2D eigenvalue weighted by Crippen LogP contribution is -2.26. The van der Waals surface area contributed by atoms with E-state index < -0.39 is 0 Å². The number of nitrogens with one attached hydrogen (secondary N) is 1. The van der Waals surface area contributed by atoms with Gasteiger partial charge in [0, 0.05) is 18.7 Å². The Morgan fingerprint density at radius 3 is 2.08 bits per heavy atom. The van der Waals surface area contributed by atoms with E-state index in [-0.39, 0.29) is 11.8 Å². The minimum atomic E-state index is -0.179. The van der Waals surface area contributed by atoms with Crippen LogP contribution in [0.2, 0.25) is 0 Å². The molecule has 0 aliphatic heterocycles. The molecule has 3 rings (SSSR count). The molecule has 0 atom stereocenters. The van der Waals surface area contributed by atoms with Crippen molar-refractivity contribution >= 4 is 5.91 Å². The largest absolute Gasteiger partial charge is 0.352 e. The zero-order chi connectivity index (χ0) is 18.2. The van der Waals surface area contributed by atoms with E-state index >= 15 is 0 Å². The summed E-state index contributed by atoms with van der Waals surface area (Å²) < 4.78 is 0. The molecule has 0 radical (unpaired) electrons. The summed E-state index contributed by atoms with van der Waals surface area (Å²) >= 11 is 0. The van der Waals surface area contributed by atoms with Crippen molar-refractivity contribution in [3.63, 3.8) is 0 Å². The first-order valence-electron chi connectivity index (χ1n) is 8.52. The van der Waals surface area contributed by atoms with Gasteiger partial charge in [0.15, 0.2) is 0 Å². The lowest BCUT2D eigenvalue weighted by molar-refractivity contribution is 0.0952. The molecule has 4 nitrogen and oxygen atoms in total. The number of pyridine rings is 1. The Hall–Kier alpha value is -3.45. The van der Waals surface area contributed by atoms with E-state index in [1.807, 2.05) is 42.5 Å². The van der Waals surface area contributed by atoms with Gasteiger partial charge in [-0.25, -0.2) is 4.98 Å². The predicted octanol–water partition coefficient (Wildman–Crippen LogP) is 3.91. The van der Waals surface area contributed by atoms with E-state index in [0.717, 1.165) is 6.42 Å². The topological polar surface area (TPSA) is 65.8 Å². The maximum absolute atomic E-state index is 12.3. The van der Waals surface area contributed by atoms with Gasteiger partial charge in [0.05, 0.1) is 5.56 Å². The number of carbonyl (C=O) groups excluding carboxylic acids is 1. The molecule has 1 N–H and O–H groups in total. The lowest BCUT2D eigenvalue weighted by Gasteiger charge is -2.18. The van der Waals surface area contributed by atoms with Crippen LogP contribution in [0.5, 0.6) is 0 Å². The Kier molecular flexibility index (Phi) is 5.74. The molecular formula is C22H19N3O. The van der Waals surface area contributed by atoms with Gasteiger partial charge >= 0.3 is 0 Å². The van der Waals surface area contributed by atoms with Crippen LogP contribution in [0.25, 0.3) is 0 Å². The second kappa shape index (κ2) is 8.59. The Morgan fingerprint density at radius 2 is 1.58 bits per heavy atom. The molecule has 0 unspecified atom stereocenters. The highest BCUT2D eigenvalue weighted by molar-refractivity contribution is 5.93. The Labute approximate surface area is 153 Å². The monoisotopic (exact) mass is 341 g/mol. The fourth-order valence-corrected chi connectivity index (χ4v) is 2.92. The molecule has 0 bridgehead atoms.